The van der Waals surface area contributed by atoms with E-state index in [9.17, 15) is 4.79 Å². The Morgan fingerprint density at radius 2 is 2.04 bits per heavy atom. The van der Waals surface area contributed by atoms with Gasteiger partial charge in [-0.15, -0.1) is 0 Å². The van der Waals surface area contributed by atoms with E-state index in [1.165, 1.54) is 0 Å². The maximum atomic E-state index is 12.1. The molecule has 2 aliphatic heterocycles. The number of methoxy groups -OCH3 is 1. The molecule has 1 aromatic carbocycles. The van der Waals surface area contributed by atoms with Gasteiger partial charge < -0.3 is 23.8 Å². The molecule has 7 nitrogen and oxygen atoms in total. The highest BCUT2D eigenvalue weighted by Gasteiger charge is 2.24. The number of ether oxygens (including phenoxy) is 4. The van der Waals surface area contributed by atoms with Crippen molar-refractivity contribution in [3.05, 3.63) is 23.8 Å². The molecule has 1 amide bonds. The highest BCUT2D eigenvalue weighted by molar-refractivity contribution is 5.85. The van der Waals surface area contributed by atoms with Crippen LogP contribution in [-0.4, -0.2) is 49.5 Å². The van der Waals surface area contributed by atoms with Crippen molar-refractivity contribution in [1.29, 1.82) is 0 Å². The number of fused-ring (bicyclic) bond motifs is 3. The smallest absolute Gasteiger partial charge is 0.260 e. The Hall–Kier alpha value is -2.54. The lowest BCUT2D eigenvalue weighted by Gasteiger charge is -2.19. The molecule has 120 valence electrons. The van der Waals surface area contributed by atoms with Crippen molar-refractivity contribution >= 4 is 16.8 Å². The summed E-state index contributed by atoms with van der Waals surface area (Å²) in [5.74, 6) is 1.81. The first-order chi connectivity index (χ1) is 11.2. The van der Waals surface area contributed by atoms with Crippen molar-refractivity contribution in [2.24, 2.45) is 0 Å². The van der Waals surface area contributed by atoms with Crippen LogP contribution in [0.4, 0.5) is 0 Å². The van der Waals surface area contributed by atoms with Gasteiger partial charge >= 0.3 is 0 Å². The lowest BCUT2D eigenvalue weighted by Crippen LogP contribution is -2.34. The monoisotopic (exact) mass is 316 g/mol. The van der Waals surface area contributed by atoms with Gasteiger partial charge in [0, 0.05) is 30.7 Å². The van der Waals surface area contributed by atoms with E-state index in [0.29, 0.717) is 37.1 Å². The lowest BCUT2D eigenvalue weighted by atomic mass is 10.1. The second-order valence-electron chi connectivity index (χ2n) is 5.45. The van der Waals surface area contributed by atoms with Crippen LogP contribution in [0.2, 0.25) is 0 Å². The third-order valence-corrected chi connectivity index (χ3v) is 3.96. The minimum atomic E-state index is -0.0710. The first-order valence-corrected chi connectivity index (χ1v) is 7.37. The predicted molar refractivity (Wildman–Crippen MR) is 80.7 cm³/mol. The molecule has 2 aliphatic rings. The van der Waals surface area contributed by atoms with Crippen LogP contribution in [0, 0.1) is 0 Å². The molecule has 0 saturated heterocycles. The van der Waals surface area contributed by atoms with Gasteiger partial charge in [-0.3, -0.25) is 4.79 Å². The average molecular weight is 316 g/mol. The molecule has 0 spiro atoms. The van der Waals surface area contributed by atoms with Gasteiger partial charge in [-0.05, 0) is 12.1 Å². The van der Waals surface area contributed by atoms with Crippen molar-refractivity contribution in [2.75, 3.05) is 33.7 Å². The maximum absolute atomic E-state index is 12.1. The average Bonchev–Trinajstić information content (AvgIpc) is 2.94. The Morgan fingerprint density at radius 1 is 1.22 bits per heavy atom. The quantitative estimate of drug-likeness (QED) is 0.851. The van der Waals surface area contributed by atoms with E-state index in [1.54, 1.807) is 12.0 Å². The summed E-state index contributed by atoms with van der Waals surface area (Å²) in [5, 5.41) is 0.928. The molecule has 0 bridgehead atoms. The Balaban J connectivity index is 1.73. The summed E-state index contributed by atoms with van der Waals surface area (Å²) >= 11 is 0. The number of hydrogen-bond acceptors (Lipinski definition) is 6. The molecule has 4 rings (SSSR count). The summed E-state index contributed by atoms with van der Waals surface area (Å²) < 4.78 is 21.4. The van der Waals surface area contributed by atoms with E-state index in [2.05, 4.69) is 4.98 Å². The summed E-state index contributed by atoms with van der Waals surface area (Å²) in [6, 6.07) is 5.71. The van der Waals surface area contributed by atoms with Crippen LogP contribution in [0.3, 0.4) is 0 Å². The minimum Gasteiger partial charge on any atom is -0.467 e. The zero-order valence-electron chi connectivity index (χ0n) is 12.7. The van der Waals surface area contributed by atoms with Crippen LogP contribution in [0.5, 0.6) is 17.4 Å². The molecule has 2 aromatic rings. The second kappa shape index (κ2) is 5.58. The standard InChI is InChI=1S/C16H16N2O5/c1-20-3-2-18-7-11-4-10-5-13-14(23-9-22-13)6-12(10)17-16(11)21-8-15(18)19/h4-6H,2-3,7-9H2,1H3. The maximum Gasteiger partial charge on any atom is 0.260 e. The number of hydrogen-bond donors (Lipinski definition) is 0. The van der Waals surface area contributed by atoms with E-state index >= 15 is 0 Å². The van der Waals surface area contributed by atoms with Gasteiger partial charge in [0.2, 0.25) is 12.7 Å². The fourth-order valence-electron chi connectivity index (χ4n) is 2.75. The summed E-state index contributed by atoms with van der Waals surface area (Å²) in [7, 11) is 1.62. The number of nitrogens with zero attached hydrogens (tertiary/aromatic N) is 2. The van der Waals surface area contributed by atoms with Crippen molar-refractivity contribution < 1.29 is 23.7 Å². The van der Waals surface area contributed by atoms with Gasteiger partial charge in [-0.1, -0.05) is 0 Å². The van der Waals surface area contributed by atoms with Crippen LogP contribution in [0.1, 0.15) is 5.56 Å². The van der Waals surface area contributed by atoms with Crippen LogP contribution in [0.15, 0.2) is 18.2 Å². The molecular formula is C16H16N2O5. The van der Waals surface area contributed by atoms with E-state index in [-0.39, 0.29) is 19.3 Å². The van der Waals surface area contributed by atoms with Gasteiger partial charge in [0.1, 0.15) is 0 Å². The SMILES string of the molecule is COCCN1Cc2cc3cc4c(cc3nc2OCC1=O)OCO4. The molecule has 0 saturated carbocycles. The summed E-state index contributed by atoms with van der Waals surface area (Å²) in [6.07, 6.45) is 0. The molecule has 0 radical (unpaired) electrons. The number of carbonyl (C=O) groups is 1. The van der Waals surface area contributed by atoms with Crippen molar-refractivity contribution in [3.63, 3.8) is 0 Å². The van der Waals surface area contributed by atoms with E-state index in [4.69, 9.17) is 18.9 Å². The van der Waals surface area contributed by atoms with Crippen molar-refractivity contribution in [1.82, 2.24) is 9.88 Å². The van der Waals surface area contributed by atoms with Crippen molar-refractivity contribution in [3.8, 4) is 17.4 Å². The summed E-state index contributed by atoms with van der Waals surface area (Å²) in [5.41, 5.74) is 1.63. The first kappa shape index (κ1) is 14.1. The van der Waals surface area contributed by atoms with Crippen LogP contribution >= 0.6 is 0 Å². The molecule has 0 fully saturated rings. The fraction of sp³-hybridized carbons (Fsp3) is 0.375. The molecule has 23 heavy (non-hydrogen) atoms. The number of aromatic nitrogens is 1. The zero-order chi connectivity index (χ0) is 15.8. The third-order valence-electron chi connectivity index (χ3n) is 3.96. The Morgan fingerprint density at radius 3 is 2.87 bits per heavy atom. The zero-order valence-corrected chi connectivity index (χ0v) is 12.7. The summed E-state index contributed by atoms with van der Waals surface area (Å²) in [4.78, 5) is 18.4. The van der Waals surface area contributed by atoms with Gasteiger partial charge in [0.05, 0.1) is 18.7 Å². The van der Waals surface area contributed by atoms with Gasteiger partial charge in [0.25, 0.3) is 5.91 Å². The third kappa shape index (κ3) is 2.53. The number of pyridine rings is 1. The normalized spacial score (nSPS) is 16.2. The molecule has 3 heterocycles. The van der Waals surface area contributed by atoms with E-state index < -0.39 is 0 Å². The highest BCUT2D eigenvalue weighted by Crippen LogP contribution is 2.37. The molecular weight excluding hydrogens is 300 g/mol. The van der Waals surface area contributed by atoms with E-state index in [1.807, 2.05) is 18.2 Å². The van der Waals surface area contributed by atoms with Gasteiger partial charge in [-0.2, -0.15) is 0 Å². The van der Waals surface area contributed by atoms with E-state index in [0.717, 1.165) is 16.5 Å². The number of amides is 1. The minimum absolute atomic E-state index is 0.0141. The predicted octanol–water partition coefficient (Wildman–Crippen LogP) is 1.33. The van der Waals surface area contributed by atoms with Gasteiger partial charge in [-0.25, -0.2) is 4.98 Å². The molecule has 0 unspecified atom stereocenters. The lowest BCUT2D eigenvalue weighted by molar-refractivity contribution is -0.133. The first-order valence-electron chi connectivity index (χ1n) is 7.37. The molecule has 0 atom stereocenters. The molecule has 0 N–H and O–H groups in total. The number of carbonyl (C=O) groups excluding carboxylic acids is 1. The van der Waals surface area contributed by atoms with Gasteiger partial charge in [0.15, 0.2) is 18.1 Å². The summed E-state index contributed by atoms with van der Waals surface area (Å²) in [6.45, 7) is 1.67. The Bertz CT molecular complexity index is 777. The largest absolute Gasteiger partial charge is 0.467 e. The number of benzene rings is 1. The molecule has 7 heteroatoms. The van der Waals surface area contributed by atoms with Crippen LogP contribution in [0.25, 0.3) is 10.9 Å². The second-order valence-corrected chi connectivity index (χ2v) is 5.45. The Labute approximate surface area is 132 Å². The molecule has 1 aromatic heterocycles. The van der Waals surface area contributed by atoms with Crippen LogP contribution < -0.4 is 14.2 Å². The number of rotatable bonds is 3. The van der Waals surface area contributed by atoms with Crippen LogP contribution in [-0.2, 0) is 16.1 Å². The molecule has 0 aliphatic carbocycles. The highest BCUT2D eigenvalue weighted by atomic mass is 16.7. The van der Waals surface area contributed by atoms with Crippen molar-refractivity contribution in [2.45, 2.75) is 6.54 Å². The fourth-order valence-corrected chi connectivity index (χ4v) is 2.75. The Kier molecular flexibility index (Phi) is 3.42. The topological polar surface area (TPSA) is 70.1 Å².